The second kappa shape index (κ2) is 5.88. The van der Waals surface area contributed by atoms with Gasteiger partial charge in [-0.25, -0.2) is 13.6 Å². The second-order valence-electron chi connectivity index (χ2n) is 3.27. The Hall–Kier alpha value is -0.870. The number of nitrogens with two attached hydrogens (primary N) is 1. The fraction of sp³-hybridized carbons (Fsp3) is 0.455. The molecule has 0 radical (unpaired) electrons. The van der Waals surface area contributed by atoms with Gasteiger partial charge in [-0.05, 0) is 23.6 Å². The summed E-state index contributed by atoms with van der Waals surface area (Å²) in [6.45, 7) is 8.10. The molecule has 0 bridgehead atoms. The van der Waals surface area contributed by atoms with Crippen LogP contribution in [-0.2, 0) is 10.0 Å². The molecule has 0 saturated carbocycles. The van der Waals surface area contributed by atoms with Crippen LogP contribution in [0.3, 0.4) is 0 Å². The lowest BCUT2D eigenvalue weighted by Gasteiger charge is -2.05. The zero-order chi connectivity index (χ0) is 12.1. The van der Waals surface area contributed by atoms with Crippen LogP contribution in [0.25, 0.3) is 0 Å². The van der Waals surface area contributed by atoms with Gasteiger partial charge in [0, 0.05) is 0 Å². The molecule has 0 spiro atoms. The average Bonchev–Trinajstić information content (AvgIpc) is 2.20. The number of primary sulfonamides is 1. The van der Waals surface area contributed by atoms with Crippen molar-refractivity contribution >= 4 is 10.0 Å². The van der Waals surface area contributed by atoms with Crippen LogP contribution in [0.1, 0.15) is 39.2 Å². The number of sulfonamides is 1. The van der Waals surface area contributed by atoms with Gasteiger partial charge < -0.3 is 0 Å². The van der Waals surface area contributed by atoms with E-state index in [1.807, 2.05) is 27.7 Å². The first kappa shape index (κ1) is 14.1. The molecule has 15 heavy (non-hydrogen) atoms. The van der Waals surface area contributed by atoms with E-state index >= 15 is 0 Å². The Kier molecular flexibility index (Phi) is 5.54. The molecule has 0 amide bonds. The summed E-state index contributed by atoms with van der Waals surface area (Å²) >= 11 is 0. The highest BCUT2D eigenvalue weighted by molar-refractivity contribution is 7.89. The van der Waals surface area contributed by atoms with E-state index in [9.17, 15) is 8.42 Å². The van der Waals surface area contributed by atoms with E-state index in [0.29, 0.717) is 5.92 Å². The predicted octanol–water partition coefficient (Wildman–Crippen LogP) is 2.48. The molecule has 3 nitrogen and oxygen atoms in total. The Morgan fingerprint density at radius 3 is 1.73 bits per heavy atom. The first-order valence-corrected chi connectivity index (χ1v) is 6.58. The van der Waals surface area contributed by atoms with Crippen molar-refractivity contribution in [3.8, 4) is 0 Å². The summed E-state index contributed by atoms with van der Waals surface area (Å²) in [5.41, 5.74) is 1.10. The van der Waals surface area contributed by atoms with Crippen molar-refractivity contribution in [2.75, 3.05) is 0 Å². The number of hydrogen-bond donors (Lipinski definition) is 1. The van der Waals surface area contributed by atoms with Crippen LogP contribution in [0.4, 0.5) is 0 Å². The van der Waals surface area contributed by atoms with Crippen LogP contribution in [0.15, 0.2) is 29.2 Å². The Labute approximate surface area is 92.4 Å². The fourth-order valence-corrected chi connectivity index (χ4v) is 1.56. The third-order valence-corrected chi connectivity index (χ3v) is 2.80. The molecule has 86 valence electrons. The van der Waals surface area contributed by atoms with Crippen LogP contribution >= 0.6 is 0 Å². The molecule has 4 heteroatoms. The molecule has 1 rings (SSSR count). The monoisotopic (exact) mass is 229 g/mol. The first-order valence-electron chi connectivity index (χ1n) is 5.04. The van der Waals surface area contributed by atoms with Crippen LogP contribution in [0, 0.1) is 0 Å². The molecular weight excluding hydrogens is 210 g/mol. The summed E-state index contributed by atoms with van der Waals surface area (Å²) in [6, 6.07) is 6.63. The lowest BCUT2D eigenvalue weighted by Crippen LogP contribution is -2.11. The van der Waals surface area contributed by atoms with Gasteiger partial charge in [-0.15, -0.1) is 0 Å². The molecule has 0 atom stereocenters. The molecule has 0 heterocycles. The third-order valence-electron chi connectivity index (χ3n) is 1.88. The second-order valence-corrected chi connectivity index (χ2v) is 4.83. The van der Waals surface area contributed by atoms with Gasteiger partial charge >= 0.3 is 0 Å². The van der Waals surface area contributed by atoms with Crippen molar-refractivity contribution in [2.45, 2.75) is 38.5 Å². The van der Waals surface area contributed by atoms with Crippen molar-refractivity contribution in [1.82, 2.24) is 0 Å². The summed E-state index contributed by atoms with van der Waals surface area (Å²) < 4.78 is 21.8. The van der Waals surface area contributed by atoms with E-state index < -0.39 is 10.0 Å². The van der Waals surface area contributed by atoms with Crippen LogP contribution in [0.5, 0.6) is 0 Å². The van der Waals surface area contributed by atoms with Gasteiger partial charge in [0.25, 0.3) is 0 Å². The standard InChI is InChI=1S/C9H13NO2S.C2H6/c1-7(2)8-3-5-9(6-4-8)13(10,11)12;1-2/h3-7H,1-2H3,(H2,10,11,12);1-2H3. The molecule has 0 unspecified atom stereocenters. The Bertz CT molecular complexity index is 380. The summed E-state index contributed by atoms with van der Waals surface area (Å²) in [5, 5.41) is 4.96. The summed E-state index contributed by atoms with van der Waals surface area (Å²) in [5.74, 6) is 0.398. The molecule has 0 fully saturated rings. The molecule has 0 aliphatic carbocycles. The van der Waals surface area contributed by atoms with E-state index in [1.165, 1.54) is 12.1 Å². The molecule has 0 saturated heterocycles. The van der Waals surface area contributed by atoms with Crippen LogP contribution < -0.4 is 5.14 Å². The minimum Gasteiger partial charge on any atom is -0.225 e. The molecule has 1 aromatic carbocycles. The SMILES string of the molecule is CC.CC(C)c1ccc(S(N)(=O)=O)cc1. The van der Waals surface area contributed by atoms with E-state index in [-0.39, 0.29) is 4.90 Å². The van der Waals surface area contributed by atoms with Gasteiger partial charge in [-0.1, -0.05) is 39.8 Å². The topological polar surface area (TPSA) is 60.2 Å². The lowest BCUT2D eigenvalue weighted by atomic mass is 10.0. The van der Waals surface area contributed by atoms with Gasteiger partial charge in [0.05, 0.1) is 4.90 Å². The van der Waals surface area contributed by atoms with E-state index in [4.69, 9.17) is 5.14 Å². The van der Waals surface area contributed by atoms with Crippen LogP contribution in [-0.4, -0.2) is 8.42 Å². The van der Waals surface area contributed by atoms with Crippen molar-refractivity contribution < 1.29 is 8.42 Å². The lowest BCUT2D eigenvalue weighted by molar-refractivity contribution is 0.597. The highest BCUT2D eigenvalue weighted by atomic mass is 32.2. The van der Waals surface area contributed by atoms with Gasteiger partial charge in [-0.3, -0.25) is 0 Å². The average molecular weight is 229 g/mol. The maximum atomic E-state index is 10.9. The fourth-order valence-electron chi connectivity index (χ4n) is 1.04. The van der Waals surface area contributed by atoms with E-state index in [0.717, 1.165) is 5.56 Å². The van der Waals surface area contributed by atoms with Crippen molar-refractivity contribution in [3.63, 3.8) is 0 Å². The van der Waals surface area contributed by atoms with Crippen LogP contribution in [0.2, 0.25) is 0 Å². The number of hydrogen-bond acceptors (Lipinski definition) is 2. The summed E-state index contributed by atoms with van der Waals surface area (Å²) in [4.78, 5) is 0.164. The molecule has 2 N–H and O–H groups in total. The molecule has 0 aromatic heterocycles. The van der Waals surface area contributed by atoms with Gasteiger partial charge in [-0.2, -0.15) is 0 Å². The summed E-state index contributed by atoms with van der Waals surface area (Å²) in [6.07, 6.45) is 0. The van der Waals surface area contributed by atoms with Crippen molar-refractivity contribution in [3.05, 3.63) is 29.8 Å². The Morgan fingerprint density at radius 1 is 1.07 bits per heavy atom. The first-order chi connectivity index (χ1) is 6.91. The maximum Gasteiger partial charge on any atom is 0.238 e. The quantitative estimate of drug-likeness (QED) is 0.847. The maximum absolute atomic E-state index is 10.9. The van der Waals surface area contributed by atoms with Crippen molar-refractivity contribution in [2.24, 2.45) is 5.14 Å². The number of rotatable bonds is 2. The minimum atomic E-state index is -3.55. The van der Waals surface area contributed by atoms with Crippen molar-refractivity contribution in [1.29, 1.82) is 0 Å². The molecule has 0 aliphatic heterocycles. The largest absolute Gasteiger partial charge is 0.238 e. The Balaban J connectivity index is 0.000000921. The highest BCUT2D eigenvalue weighted by Crippen LogP contribution is 2.16. The zero-order valence-electron chi connectivity index (χ0n) is 9.69. The molecular formula is C11H19NO2S. The van der Waals surface area contributed by atoms with E-state index in [2.05, 4.69) is 0 Å². The Morgan fingerprint density at radius 2 is 1.47 bits per heavy atom. The normalized spacial score (nSPS) is 10.8. The molecule has 0 aliphatic rings. The van der Waals surface area contributed by atoms with Gasteiger partial charge in [0.2, 0.25) is 10.0 Å². The third kappa shape index (κ3) is 4.44. The zero-order valence-corrected chi connectivity index (χ0v) is 10.5. The van der Waals surface area contributed by atoms with Gasteiger partial charge in [0.1, 0.15) is 0 Å². The molecule has 1 aromatic rings. The number of benzene rings is 1. The highest BCUT2D eigenvalue weighted by Gasteiger charge is 2.07. The minimum absolute atomic E-state index is 0.164. The predicted molar refractivity (Wildman–Crippen MR) is 63.3 cm³/mol. The van der Waals surface area contributed by atoms with Gasteiger partial charge in [0.15, 0.2) is 0 Å². The summed E-state index contributed by atoms with van der Waals surface area (Å²) in [7, 11) is -3.55. The smallest absolute Gasteiger partial charge is 0.225 e. The van der Waals surface area contributed by atoms with E-state index in [1.54, 1.807) is 12.1 Å².